The summed E-state index contributed by atoms with van der Waals surface area (Å²) in [6, 6.07) is 4.45. The van der Waals surface area contributed by atoms with E-state index in [-0.39, 0.29) is 6.04 Å². The molecule has 2 aromatic heterocycles. The molecule has 0 spiro atoms. The second-order valence-corrected chi connectivity index (χ2v) is 4.93. The van der Waals surface area contributed by atoms with Gasteiger partial charge in [-0.3, -0.25) is 4.68 Å². The van der Waals surface area contributed by atoms with Gasteiger partial charge in [0.05, 0.1) is 17.9 Å². The van der Waals surface area contributed by atoms with E-state index >= 15 is 0 Å². The van der Waals surface area contributed by atoms with Crippen LogP contribution >= 0.6 is 0 Å². The molecular weight excluding hydrogens is 236 g/mol. The van der Waals surface area contributed by atoms with Crippen LogP contribution in [-0.2, 0) is 19.5 Å². The lowest BCUT2D eigenvalue weighted by atomic mass is 10.1. The first-order valence-corrected chi connectivity index (χ1v) is 7.14. The summed E-state index contributed by atoms with van der Waals surface area (Å²) in [5.74, 6) is 0. The van der Waals surface area contributed by atoms with Crippen molar-refractivity contribution in [2.24, 2.45) is 5.73 Å². The van der Waals surface area contributed by atoms with Crippen LogP contribution in [0.5, 0.6) is 0 Å². The summed E-state index contributed by atoms with van der Waals surface area (Å²) in [5.41, 5.74) is 9.68. The minimum absolute atomic E-state index is 0.142. The first kappa shape index (κ1) is 13.9. The summed E-state index contributed by atoms with van der Waals surface area (Å²) in [4.78, 5) is 0. The van der Waals surface area contributed by atoms with Crippen molar-refractivity contribution in [3.05, 3.63) is 41.5 Å². The van der Waals surface area contributed by atoms with E-state index in [0.29, 0.717) is 0 Å². The van der Waals surface area contributed by atoms with Gasteiger partial charge in [-0.2, -0.15) is 5.10 Å². The molecule has 0 saturated heterocycles. The lowest BCUT2D eigenvalue weighted by Crippen LogP contribution is -2.09. The first-order chi connectivity index (χ1) is 9.17. The largest absolute Gasteiger partial charge is 0.348 e. The molecule has 0 aliphatic carbocycles. The third kappa shape index (κ3) is 3.07. The number of aromatic nitrogens is 3. The van der Waals surface area contributed by atoms with Crippen LogP contribution in [0, 0.1) is 0 Å². The minimum atomic E-state index is 0.142. The predicted molar refractivity (Wildman–Crippen MR) is 78.0 cm³/mol. The Bertz CT molecular complexity index is 524. The fourth-order valence-corrected chi connectivity index (χ4v) is 2.29. The van der Waals surface area contributed by atoms with E-state index in [2.05, 4.69) is 59.6 Å². The van der Waals surface area contributed by atoms with Crippen molar-refractivity contribution in [2.75, 3.05) is 0 Å². The highest BCUT2D eigenvalue weighted by molar-refractivity contribution is 5.17. The van der Waals surface area contributed by atoms with Crippen molar-refractivity contribution in [1.82, 2.24) is 14.3 Å². The number of aryl methyl sites for hydroxylation is 2. The van der Waals surface area contributed by atoms with Gasteiger partial charge in [0.15, 0.2) is 0 Å². The Labute approximate surface area is 115 Å². The zero-order chi connectivity index (χ0) is 13.8. The second-order valence-electron chi connectivity index (χ2n) is 4.93. The molecule has 1 atom stereocenters. The van der Waals surface area contributed by atoms with Crippen LogP contribution in [0.25, 0.3) is 0 Å². The summed E-state index contributed by atoms with van der Waals surface area (Å²) < 4.78 is 4.27. The lowest BCUT2D eigenvalue weighted by Gasteiger charge is -2.07. The number of rotatable bonds is 6. The van der Waals surface area contributed by atoms with Gasteiger partial charge in [0, 0.05) is 25.0 Å². The zero-order valence-corrected chi connectivity index (χ0v) is 12.1. The van der Waals surface area contributed by atoms with Crippen molar-refractivity contribution < 1.29 is 0 Å². The van der Waals surface area contributed by atoms with E-state index < -0.39 is 0 Å². The molecule has 0 aliphatic rings. The fraction of sp³-hybridized carbons (Fsp3) is 0.533. The number of nitrogens with zero attached hydrogens (tertiary/aromatic N) is 3. The molecule has 0 aromatic carbocycles. The Hall–Kier alpha value is -1.55. The van der Waals surface area contributed by atoms with E-state index in [1.165, 1.54) is 11.3 Å². The topological polar surface area (TPSA) is 48.8 Å². The third-order valence-corrected chi connectivity index (χ3v) is 3.56. The van der Waals surface area contributed by atoms with Crippen LogP contribution in [0.2, 0.25) is 0 Å². The molecule has 0 radical (unpaired) electrons. The van der Waals surface area contributed by atoms with Crippen LogP contribution in [0.4, 0.5) is 0 Å². The summed E-state index contributed by atoms with van der Waals surface area (Å²) >= 11 is 0. The normalized spacial score (nSPS) is 12.8. The van der Waals surface area contributed by atoms with Crippen LogP contribution in [0.1, 0.15) is 50.2 Å². The Morgan fingerprint density at radius 2 is 2.11 bits per heavy atom. The van der Waals surface area contributed by atoms with Crippen LogP contribution in [0.15, 0.2) is 24.5 Å². The van der Waals surface area contributed by atoms with Gasteiger partial charge in [-0.1, -0.05) is 13.8 Å². The molecule has 1 unspecified atom stereocenters. The van der Waals surface area contributed by atoms with E-state index in [0.717, 1.165) is 31.6 Å². The van der Waals surface area contributed by atoms with Gasteiger partial charge in [-0.25, -0.2) is 0 Å². The quantitative estimate of drug-likeness (QED) is 0.868. The molecule has 0 fully saturated rings. The van der Waals surface area contributed by atoms with Crippen molar-refractivity contribution in [3.63, 3.8) is 0 Å². The molecule has 19 heavy (non-hydrogen) atoms. The Morgan fingerprint density at radius 3 is 2.74 bits per heavy atom. The Morgan fingerprint density at radius 1 is 1.32 bits per heavy atom. The van der Waals surface area contributed by atoms with E-state index in [9.17, 15) is 0 Å². The zero-order valence-electron chi connectivity index (χ0n) is 12.1. The molecule has 0 bridgehead atoms. The first-order valence-electron chi connectivity index (χ1n) is 7.14. The molecule has 4 nitrogen and oxygen atoms in total. The summed E-state index contributed by atoms with van der Waals surface area (Å²) in [6.45, 7) is 8.15. The maximum absolute atomic E-state index is 6.05. The maximum atomic E-state index is 6.05. The van der Waals surface area contributed by atoms with Crippen molar-refractivity contribution in [3.8, 4) is 0 Å². The van der Waals surface area contributed by atoms with Gasteiger partial charge >= 0.3 is 0 Å². The highest BCUT2D eigenvalue weighted by Crippen LogP contribution is 2.15. The molecular formula is C15H24N4. The Balaban J connectivity index is 2.16. The van der Waals surface area contributed by atoms with Gasteiger partial charge < -0.3 is 10.3 Å². The number of hydrogen-bond acceptors (Lipinski definition) is 2. The van der Waals surface area contributed by atoms with Gasteiger partial charge in [-0.15, -0.1) is 0 Å². The van der Waals surface area contributed by atoms with Gasteiger partial charge in [-0.05, 0) is 37.5 Å². The number of nitrogens with two attached hydrogens (primary N) is 1. The van der Waals surface area contributed by atoms with E-state index in [4.69, 9.17) is 5.73 Å². The van der Waals surface area contributed by atoms with Gasteiger partial charge in [0.2, 0.25) is 0 Å². The molecule has 2 heterocycles. The van der Waals surface area contributed by atoms with Crippen molar-refractivity contribution in [1.29, 1.82) is 0 Å². The lowest BCUT2D eigenvalue weighted by molar-refractivity contribution is 0.594. The molecule has 0 amide bonds. The monoisotopic (exact) mass is 260 g/mol. The average molecular weight is 260 g/mol. The summed E-state index contributed by atoms with van der Waals surface area (Å²) in [6.07, 6.45) is 6.20. The molecule has 104 valence electrons. The van der Waals surface area contributed by atoms with Crippen molar-refractivity contribution >= 4 is 0 Å². The SMILES string of the molecule is CCc1cc(Cn2ccc(C(N)CC)c2)n(CC)n1. The molecule has 0 aliphatic heterocycles. The van der Waals surface area contributed by atoms with Gasteiger partial charge in [0.1, 0.15) is 0 Å². The smallest absolute Gasteiger partial charge is 0.0639 e. The highest BCUT2D eigenvalue weighted by atomic mass is 15.3. The van der Waals surface area contributed by atoms with Crippen LogP contribution < -0.4 is 5.73 Å². The van der Waals surface area contributed by atoms with Gasteiger partial charge in [0.25, 0.3) is 0 Å². The predicted octanol–water partition coefficient (Wildman–Crippen LogP) is 2.73. The summed E-state index contributed by atoms with van der Waals surface area (Å²) in [5, 5.41) is 4.58. The fourth-order valence-electron chi connectivity index (χ4n) is 2.29. The summed E-state index contributed by atoms with van der Waals surface area (Å²) in [7, 11) is 0. The third-order valence-electron chi connectivity index (χ3n) is 3.56. The molecule has 2 rings (SSSR count). The molecule has 4 heteroatoms. The Kier molecular flexibility index (Phi) is 4.43. The highest BCUT2D eigenvalue weighted by Gasteiger charge is 2.08. The van der Waals surface area contributed by atoms with Crippen LogP contribution in [-0.4, -0.2) is 14.3 Å². The number of hydrogen-bond donors (Lipinski definition) is 1. The average Bonchev–Trinajstić information content (AvgIpc) is 3.05. The van der Waals surface area contributed by atoms with E-state index in [1.807, 2.05) is 0 Å². The second kappa shape index (κ2) is 6.06. The van der Waals surface area contributed by atoms with Crippen LogP contribution in [0.3, 0.4) is 0 Å². The molecule has 2 N–H and O–H groups in total. The maximum Gasteiger partial charge on any atom is 0.0639 e. The molecule has 2 aromatic rings. The molecule has 0 saturated carbocycles. The van der Waals surface area contributed by atoms with E-state index in [1.54, 1.807) is 0 Å². The standard InChI is InChI=1S/C15H24N4/c1-4-13-9-14(19(6-3)17-13)11-18-8-7-12(10-18)15(16)5-2/h7-10,15H,4-6,11,16H2,1-3H3. The van der Waals surface area contributed by atoms with Crippen molar-refractivity contribution in [2.45, 2.75) is 52.7 Å². The minimum Gasteiger partial charge on any atom is -0.348 e.